The van der Waals surface area contributed by atoms with Gasteiger partial charge in [-0.25, -0.2) is 4.79 Å². The average molecular weight is 311 g/mol. The highest BCUT2D eigenvalue weighted by atomic mass is 79.9. The molecule has 2 aliphatic rings. The molecule has 1 aromatic carbocycles. The molecule has 0 N–H and O–H groups in total. The molecule has 96 valence electrons. The highest BCUT2D eigenvalue weighted by Gasteiger charge is 2.50. The third-order valence-corrected chi connectivity index (χ3v) is 4.25. The van der Waals surface area contributed by atoms with E-state index in [1.54, 1.807) is 0 Å². The van der Waals surface area contributed by atoms with Crippen LogP contribution in [0.15, 0.2) is 28.7 Å². The van der Waals surface area contributed by atoms with Crippen molar-refractivity contribution in [3.8, 4) is 0 Å². The molecule has 1 aliphatic carbocycles. The van der Waals surface area contributed by atoms with E-state index in [9.17, 15) is 4.79 Å². The Morgan fingerprint density at radius 3 is 2.44 bits per heavy atom. The van der Waals surface area contributed by atoms with Gasteiger partial charge in [-0.3, -0.25) is 0 Å². The topological polar surface area (TPSA) is 35.5 Å². The van der Waals surface area contributed by atoms with Crippen molar-refractivity contribution in [2.45, 2.75) is 44.0 Å². The Hall–Kier alpha value is -0.870. The van der Waals surface area contributed by atoms with E-state index in [1.165, 1.54) is 6.42 Å². The molecule has 1 unspecified atom stereocenters. The second-order valence-electron chi connectivity index (χ2n) is 4.96. The Balaban J connectivity index is 1.81. The largest absolute Gasteiger partial charge is 0.429 e. The number of rotatable bonds is 1. The number of benzene rings is 1. The maximum absolute atomic E-state index is 12.0. The predicted octanol–water partition coefficient (Wildman–Crippen LogP) is 3.72. The summed E-state index contributed by atoms with van der Waals surface area (Å²) in [5.74, 6) is -0.185. The number of carbonyl (C=O) groups excluding carboxylic acids is 1. The van der Waals surface area contributed by atoms with Gasteiger partial charge >= 0.3 is 5.97 Å². The van der Waals surface area contributed by atoms with Gasteiger partial charge in [0.1, 0.15) is 0 Å². The fourth-order valence-electron chi connectivity index (χ4n) is 2.68. The van der Waals surface area contributed by atoms with E-state index in [2.05, 4.69) is 15.9 Å². The molecule has 18 heavy (non-hydrogen) atoms. The lowest BCUT2D eigenvalue weighted by Crippen LogP contribution is -2.38. The SMILES string of the molecule is O=C1OC(c2ccc(Br)cc2)OC12CCCCC2. The molecule has 1 saturated carbocycles. The van der Waals surface area contributed by atoms with Crippen LogP contribution in [0.5, 0.6) is 0 Å². The van der Waals surface area contributed by atoms with E-state index < -0.39 is 11.9 Å². The van der Waals surface area contributed by atoms with Gasteiger partial charge in [0.05, 0.1) is 0 Å². The molecule has 1 heterocycles. The summed E-state index contributed by atoms with van der Waals surface area (Å²) >= 11 is 3.39. The Labute approximate surface area is 115 Å². The molecule has 1 aromatic rings. The lowest BCUT2D eigenvalue weighted by atomic mass is 9.85. The van der Waals surface area contributed by atoms with Crippen molar-refractivity contribution in [3.63, 3.8) is 0 Å². The van der Waals surface area contributed by atoms with Crippen LogP contribution in [0.2, 0.25) is 0 Å². The van der Waals surface area contributed by atoms with E-state index in [0.29, 0.717) is 0 Å². The smallest absolute Gasteiger partial charge is 0.341 e. The minimum atomic E-state index is -0.671. The van der Waals surface area contributed by atoms with E-state index in [0.717, 1.165) is 35.7 Å². The molecule has 1 spiro atoms. The molecule has 1 atom stereocenters. The number of hydrogen-bond donors (Lipinski definition) is 0. The van der Waals surface area contributed by atoms with Crippen LogP contribution in [0, 0.1) is 0 Å². The quantitative estimate of drug-likeness (QED) is 0.742. The maximum Gasteiger partial charge on any atom is 0.341 e. The highest BCUT2D eigenvalue weighted by molar-refractivity contribution is 9.10. The van der Waals surface area contributed by atoms with Crippen molar-refractivity contribution in [1.29, 1.82) is 0 Å². The number of halogens is 1. The average Bonchev–Trinajstić information content (AvgIpc) is 2.69. The summed E-state index contributed by atoms with van der Waals surface area (Å²) in [6, 6.07) is 7.70. The van der Waals surface area contributed by atoms with Crippen LogP contribution < -0.4 is 0 Å². The minimum Gasteiger partial charge on any atom is -0.429 e. The zero-order valence-electron chi connectivity index (χ0n) is 10.0. The lowest BCUT2D eigenvalue weighted by molar-refractivity contribution is -0.146. The molecule has 3 rings (SSSR count). The van der Waals surface area contributed by atoms with E-state index in [-0.39, 0.29) is 5.97 Å². The Morgan fingerprint density at radius 2 is 1.78 bits per heavy atom. The van der Waals surface area contributed by atoms with Crippen molar-refractivity contribution in [1.82, 2.24) is 0 Å². The zero-order chi connectivity index (χ0) is 12.6. The first-order valence-electron chi connectivity index (χ1n) is 6.34. The standard InChI is InChI=1S/C14H15BrO3/c15-11-6-4-10(5-7-11)12-17-13(16)14(18-12)8-2-1-3-9-14/h4-7,12H,1-3,8-9H2. The van der Waals surface area contributed by atoms with Gasteiger partial charge in [-0.05, 0) is 37.8 Å². The fraction of sp³-hybridized carbons (Fsp3) is 0.500. The summed E-state index contributed by atoms with van der Waals surface area (Å²) in [4.78, 5) is 12.0. The predicted molar refractivity (Wildman–Crippen MR) is 69.9 cm³/mol. The van der Waals surface area contributed by atoms with Crippen molar-refractivity contribution in [3.05, 3.63) is 34.3 Å². The van der Waals surface area contributed by atoms with Gasteiger partial charge in [0.15, 0.2) is 5.60 Å². The molecule has 0 aromatic heterocycles. The van der Waals surface area contributed by atoms with Crippen LogP contribution in [0.4, 0.5) is 0 Å². The maximum atomic E-state index is 12.0. The molecule has 2 fully saturated rings. The molecule has 4 heteroatoms. The number of cyclic esters (lactones) is 1. The van der Waals surface area contributed by atoms with Crippen LogP contribution in [-0.2, 0) is 14.3 Å². The molecule has 1 aliphatic heterocycles. The molecular formula is C14H15BrO3. The second-order valence-corrected chi connectivity index (χ2v) is 5.88. The van der Waals surface area contributed by atoms with Gasteiger partial charge < -0.3 is 9.47 Å². The van der Waals surface area contributed by atoms with Gasteiger partial charge in [0, 0.05) is 10.0 Å². The molecule has 0 amide bonds. The highest BCUT2D eigenvalue weighted by Crippen LogP contribution is 2.43. The summed E-state index contributed by atoms with van der Waals surface area (Å²) in [5, 5.41) is 0. The Kier molecular flexibility index (Phi) is 3.16. The molecule has 0 bridgehead atoms. The van der Waals surface area contributed by atoms with Crippen molar-refractivity contribution >= 4 is 21.9 Å². The number of hydrogen-bond acceptors (Lipinski definition) is 3. The van der Waals surface area contributed by atoms with Crippen LogP contribution in [0.25, 0.3) is 0 Å². The van der Waals surface area contributed by atoms with Gasteiger partial charge in [-0.1, -0.05) is 34.5 Å². The van der Waals surface area contributed by atoms with Crippen LogP contribution in [0.3, 0.4) is 0 Å². The molecule has 0 radical (unpaired) electrons. The summed E-state index contributed by atoms with van der Waals surface area (Å²) in [6.07, 6.45) is 4.31. The van der Waals surface area contributed by atoms with Gasteiger partial charge in [0.25, 0.3) is 0 Å². The fourth-order valence-corrected chi connectivity index (χ4v) is 2.95. The van der Waals surface area contributed by atoms with Gasteiger partial charge in [-0.2, -0.15) is 0 Å². The Morgan fingerprint density at radius 1 is 1.11 bits per heavy atom. The summed E-state index contributed by atoms with van der Waals surface area (Å²) in [5.41, 5.74) is 0.227. The minimum absolute atomic E-state index is 0.185. The van der Waals surface area contributed by atoms with Gasteiger partial charge in [-0.15, -0.1) is 0 Å². The lowest BCUT2D eigenvalue weighted by Gasteiger charge is -2.28. The third-order valence-electron chi connectivity index (χ3n) is 3.72. The van der Waals surface area contributed by atoms with Crippen LogP contribution in [0.1, 0.15) is 44.0 Å². The first-order valence-corrected chi connectivity index (χ1v) is 7.13. The van der Waals surface area contributed by atoms with Crippen LogP contribution in [-0.4, -0.2) is 11.6 Å². The van der Waals surface area contributed by atoms with Crippen molar-refractivity contribution in [2.75, 3.05) is 0 Å². The number of ether oxygens (including phenoxy) is 2. The van der Waals surface area contributed by atoms with E-state index in [1.807, 2.05) is 24.3 Å². The summed E-state index contributed by atoms with van der Waals surface area (Å²) in [7, 11) is 0. The zero-order valence-corrected chi connectivity index (χ0v) is 11.6. The monoisotopic (exact) mass is 310 g/mol. The molecule has 1 saturated heterocycles. The summed E-state index contributed by atoms with van der Waals surface area (Å²) < 4.78 is 12.3. The van der Waals surface area contributed by atoms with E-state index in [4.69, 9.17) is 9.47 Å². The van der Waals surface area contributed by atoms with Crippen LogP contribution >= 0.6 is 15.9 Å². The first kappa shape index (κ1) is 12.2. The van der Waals surface area contributed by atoms with Gasteiger partial charge in [0.2, 0.25) is 6.29 Å². The summed E-state index contributed by atoms with van der Waals surface area (Å²) in [6.45, 7) is 0. The van der Waals surface area contributed by atoms with Crippen molar-refractivity contribution < 1.29 is 14.3 Å². The molecule has 3 nitrogen and oxygen atoms in total. The third kappa shape index (κ3) is 2.08. The number of esters is 1. The van der Waals surface area contributed by atoms with Crippen molar-refractivity contribution in [2.24, 2.45) is 0 Å². The Bertz CT molecular complexity index is 449. The second kappa shape index (κ2) is 4.67. The number of carbonyl (C=O) groups is 1. The normalized spacial score (nSPS) is 26.3. The molecular weight excluding hydrogens is 296 g/mol. The van der Waals surface area contributed by atoms with E-state index >= 15 is 0 Å². The first-order chi connectivity index (χ1) is 8.70.